The Hall–Kier alpha value is -0.130. The Labute approximate surface area is 106 Å². The molecule has 0 aromatic rings. The van der Waals surface area contributed by atoms with Crippen molar-refractivity contribution in [3.05, 3.63) is 0 Å². The molecule has 0 aromatic heterocycles. The van der Waals surface area contributed by atoms with Crippen LogP contribution < -0.4 is 5.32 Å². The molecule has 17 heavy (non-hydrogen) atoms. The average molecular weight is 262 g/mol. The van der Waals surface area contributed by atoms with Crippen molar-refractivity contribution in [2.75, 3.05) is 37.7 Å². The van der Waals surface area contributed by atoms with Gasteiger partial charge in [0, 0.05) is 24.9 Å². The molecule has 0 saturated carbocycles. The number of rotatable bonds is 7. The number of nitrogens with zero attached hydrogens (tertiary/aromatic N) is 1. The molecule has 1 N–H and O–H groups in total. The van der Waals surface area contributed by atoms with Gasteiger partial charge in [-0.3, -0.25) is 4.90 Å². The molecule has 1 aliphatic rings. The molecule has 0 aromatic carbocycles. The van der Waals surface area contributed by atoms with Crippen LogP contribution in [0.5, 0.6) is 0 Å². The molecule has 0 bridgehead atoms. The summed E-state index contributed by atoms with van der Waals surface area (Å²) >= 11 is 0. The highest BCUT2D eigenvalue weighted by atomic mass is 32.2. The van der Waals surface area contributed by atoms with Gasteiger partial charge in [0.25, 0.3) is 0 Å². The van der Waals surface area contributed by atoms with Crippen LogP contribution in [0.4, 0.5) is 0 Å². The van der Waals surface area contributed by atoms with Crippen molar-refractivity contribution in [3.8, 4) is 0 Å². The molecule has 0 radical (unpaired) electrons. The number of piperidine rings is 1. The molecular formula is C12H26N2O2S. The van der Waals surface area contributed by atoms with E-state index < -0.39 is 9.84 Å². The van der Waals surface area contributed by atoms with E-state index >= 15 is 0 Å². The topological polar surface area (TPSA) is 49.4 Å². The third kappa shape index (κ3) is 5.36. The van der Waals surface area contributed by atoms with Crippen LogP contribution in [0.1, 0.15) is 33.1 Å². The standard InChI is InChI=1S/C12H26N2O2S/c1-3-9-17(15,16)10-8-14(4-2)12-6-5-7-13-11-12/h12-13H,3-11H2,1-2H3. The molecule has 0 amide bonds. The summed E-state index contributed by atoms with van der Waals surface area (Å²) < 4.78 is 23.4. The SMILES string of the molecule is CCCS(=O)(=O)CCN(CC)C1CCCNC1. The second-order valence-electron chi connectivity index (χ2n) is 4.78. The van der Waals surface area contributed by atoms with Gasteiger partial charge in [0.05, 0.1) is 5.75 Å². The Bertz CT molecular complexity index is 298. The summed E-state index contributed by atoms with van der Waals surface area (Å²) in [7, 11) is -2.84. The van der Waals surface area contributed by atoms with Gasteiger partial charge in [0.1, 0.15) is 0 Å². The molecule has 5 heteroatoms. The van der Waals surface area contributed by atoms with Crippen LogP contribution in [0.2, 0.25) is 0 Å². The first kappa shape index (κ1) is 14.9. The minimum absolute atomic E-state index is 0.311. The van der Waals surface area contributed by atoms with Crippen LogP contribution in [0, 0.1) is 0 Å². The predicted molar refractivity (Wildman–Crippen MR) is 72.1 cm³/mol. The van der Waals surface area contributed by atoms with Gasteiger partial charge >= 0.3 is 0 Å². The first-order chi connectivity index (χ1) is 8.09. The van der Waals surface area contributed by atoms with E-state index in [1.807, 2.05) is 6.92 Å². The zero-order valence-corrected chi connectivity index (χ0v) is 11.9. The molecule has 4 nitrogen and oxygen atoms in total. The minimum atomic E-state index is -2.84. The first-order valence-corrected chi connectivity index (χ1v) is 8.56. The van der Waals surface area contributed by atoms with Crippen LogP contribution in [-0.4, -0.2) is 57.0 Å². The molecule has 1 unspecified atom stereocenters. The van der Waals surface area contributed by atoms with E-state index in [1.54, 1.807) is 0 Å². The first-order valence-electron chi connectivity index (χ1n) is 6.74. The van der Waals surface area contributed by atoms with Crippen LogP contribution in [-0.2, 0) is 9.84 Å². The van der Waals surface area contributed by atoms with Crippen molar-refractivity contribution in [2.45, 2.75) is 39.2 Å². The third-order valence-electron chi connectivity index (χ3n) is 3.40. The highest BCUT2D eigenvalue weighted by molar-refractivity contribution is 7.91. The molecule has 1 atom stereocenters. The molecular weight excluding hydrogens is 236 g/mol. The van der Waals surface area contributed by atoms with Gasteiger partial charge in [-0.15, -0.1) is 0 Å². The summed E-state index contributed by atoms with van der Waals surface area (Å²) in [5.74, 6) is 0.638. The van der Waals surface area contributed by atoms with Gasteiger partial charge in [0.2, 0.25) is 0 Å². The van der Waals surface area contributed by atoms with Crippen LogP contribution in [0.3, 0.4) is 0 Å². The summed E-state index contributed by atoms with van der Waals surface area (Å²) in [5.41, 5.74) is 0. The quantitative estimate of drug-likeness (QED) is 0.740. The highest BCUT2D eigenvalue weighted by Gasteiger charge is 2.21. The second kappa shape index (κ2) is 7.34. The summed E-state index contributed by atoms with van der Waals surface area (Å²) in [6.07, 6.45) is 3.11. The van der Waals surface area contributed by atoms with Gasteiger partial charge in [-0.25, -0.2) is 8.42 Å². The lowest BCUT2D eigenvalue weighted by atomic mass is 10.1. The Morgan fingerprint density at radius 3 is 2.59 bits per heavy atom. The lowest BCUT2D eigenvalue weighted by Crippen LogP contribution is -2.47. The molecule has 0 aliphatic carbocycles. The van der Waals surface area contributed by atoms with Crippen molar-refractivity contribution in [1.29, 1.82) is 0 Å². The lowest BCUT2D eigenvalue weighted by Gasteiger charge is -2.33. The van der Waals surface area contributed by atoms with Gasteiger partial charge in [-0.1, -0.05) is 13.8 Å². The molecule has 102 valence electrons. The molecule has 1 fully saturated rings. The maximum Gasteiger partial charge on any atom is 0.151 e. The predicted octanol–water partition coefficient (Wildman–Crippen LogP) is 0.885. The number of likely N-dealkylation sites (N-methyl/N-ethyl adjacent to an activating group) is 1. The van der Waals surface area contributed by atoms with Crippen molar-refractivity contribution < 1.29 is 8.42 Å². The van der Waals surface area contributed by atoms with Gasteiger partial charge in [-0.2, -0.15) is 0 Å². The van der Waals surface area contributed by atoms with Gasteiger partial charge in [0.15, 0.2) is 9.84 Å². The van der Waals surface area contributed by atoms with E-state index in [0.717, 1.165) is 26.1 Å². The van der Waals surface area contributed by atoms with Crippen molar-refractivity contribution in [2.24, 2.45) is 0 Å². The zero-order valence-electron chi connectivity index (χ0n) is 11.1. The van der Waals surface area contributed by atoms with Crippen LogP contribution in [0.25, 0.3) is 0 Å². The number of nitrogens with one attached hydrogen (secondary N) is 1. The van der Waals surface area contributed by atoms with E-state index in [4.69, 9.17) is 0 Å². The Morgan fingerprint density at radius 1 is 1.29 bits per heavy atom. The summed E-state index contributed by atoms with van der Waals surface area (Å²) in [6.45, 7) is 7.75. The summed E-state index contributed by atoms with van der Waals surface area (Å²) in [4.78, 5) is 2.30. The Balaban J connectivity index is 2.41. The minimum Gasteiger partial charge on any atom is -0.315 e. The summed E-state index contributed by atoms with van der Waals surface area (Å²) in [6, 6.07) is 0.519. The molecule has 1 aliphatic heterocycles. The maximum atomic E-state index is 11.7. The molecule has 1 rings (SSSR count). The maximum absolute atomic E-state index is 11.7. The van der Waals surface area contributed by atoms with E-state index in [-0.39, 0.29) is 0 Å². The zero-order chi connectivity index (χ0) is 12.7. The van der Waals surface area contributed by atoms with Gasteiger partial charge in [-0.05, 0) is 32.4 Å². The molecule has 1 saturated heterocycles. The fraction of sp³-hybridized carbons (Fsp3) is 1.00. The normalized spacial score (nSPS) is 21.9. The van der Waals surface area contributed by atoms with Gasteiger partial charge < -0.3 is 5.32 Å². The van der Waals surface area contributed by atoms with Crippen molar-refractivity contribution >= 4 is 9.84 Å². The Kier molecular flexibility index (Phi) is 6.44. The monoisotopic (exact) mass is 262 g/mol. The average Bonchev–Trinajstić information content (AvgIpc) is 2.31. The second-order valence-corrected chi connectivity index (χ2v) is 7.08. The molecule has 1 heterocycles. The lowest BCUT2D eigenvalue weighted by molar-refractivity contribution is 0.183. The number of sulfone groups is 1. The van der Waals surface area contributed by atoms with Crippen molar-refractivity contribution in [1.82, 2.24) is 10.2 Å². The summed E-state index contributed by atoms with van der Waals surface area (Å²) in [5, 5.41) is 3.38. The smallest absolute Gasteiger partial charge is 0.151 e. The van der Waals surface area contributed by atoms with E-state index in [0.29, 0.717) is 24.1 Å². The fourth-order valence-corrected chi connectivity index (χ4v) is 3.75. The van der Waals surface area contributed by atoms with E-state index in [1.165, 1.54) is 12.8 Å². The largest absolute Gasteiger partial charge is 0.315 e. The highest BCUT2D eigenvalue weighted by Crippen LogP contribution is 2.10. The number of hydrogen-bond acceptors (Lipinski definition) is 4. The van der Waals surface area contributed by atoms with Crippen LogP contribution >= 0.6 is 0 Å². The van der Waals surface area contributed by atoms with Crippen molar-refractivity contribution in [3.63, 3.8) is 0 Å². The van der Waals surface area contributed by atoms with Crippen LogP contribution in [0.15, 0.2) is 0 Å². The fourth-order valence-electron chi connectivity index (χ4n) is 2.41. The molecule has 0 spiro atoms. The number of hydrogen-bond donors (Lipinski definition) is 1. The Morgan fingerprint density at radius 2 is 2.06 bits per heavy atom. The van der Waals surface area contributed by atoms with E-state index in [9.17, 15) is 8.42 Å². The van der Waals surface area contributed by atoms with E-state index in [2.05, 4.69) is 17.1 Å². The third-order valence-corrected chi connectivity index (χ3v) is 5.23.